The number of rotatable bonds is 11. The third-order valence-corrected chi connectivity index (χ3v) is 6.48. The number of benzene rings is 1. The lowest BCUT2D eigenvalue weighted by molar-refractivity contribution is 0.414. The molecular formula is C19H24N10O3S2. The van der Waals surface area contributed by atoms with Gasteiger partial charge in [0.2, 0.25) is 0 Å². The van der Waals surface area contributed by atoms with Gasteiger partial charge in [0.05, 0.1) is 12.8 Å². The summed E-state index contributed by atoms with van der Waals surface area (Å²) in [4.78, 5) is 14.0. The summed E-state index contributed by atoms with van der Waals surface area (Å²) in [7, 11) is -2.10. The first kappa shape index (κ1) is 23.9. The Morgan fingerprint density at radius 3 is 2.79 bits per heavy atom. The van der Waals surface area contributed by atoms with Crippen LogP contribution in [0.25, 0.3) is 22.4 Å². The van der Waals surface area contributed by atoms with Crippen molar-refractivity contribution in [1.29, 1.82) is 0 Å². The number of nitrogens with zero attached hydrogens (tertiary/aromatic N) is 5. The number of nitrogens with one attached hydrogen (secondary N) is 3. The minimum atomic E-state index is -3.71. The van der Waals surface area contributed by atoms with Crippen molar-refractivity contribution in [3.05, 3.63) is 36.8 Å². The molecule has 0 aliphatic rings. The van der Waals surface area contributed by atoms with E-state index in [9.17, 15) is 8.42 Å². The van der Waals surface area contributed by atoms with Gasteiger partial charge < -0.3 is 20.4 Å². The summed E-state index contributed by atoms with van der Waals surface area (Å²) >= 11 is 1.44. The van der Waals surface area contributed by atoms with Crippen LogP contribution in [-0.2, 0) is 16.8 Å². The summed E-state index contributed by atoms with van der Waals surface area (Å²) < 4.78 is 31.6. The third-order valence-electron chi connectivity index (χ3n) is 4.82. The molecular weight excluding hydrogens is 480 g/mol. The Hall–Kier alpha value is -3.24. The summed E-state index contributed by atoms with van der Waals surface area (Å²) in [6, 6.07) is 7.65. The Labute approximate surface area is 199 Å². The molecule has 0 unspecified atom stereocenters. The molecule has 13 nitrogen and oxygen atoms in total. The number of nitrogens with two attached hydrogens (primary N) is 2. The second kappa shape index (κ2) is 10.4. The number of aromatic nitrogens is 6. The average Bonchev–Trinajstić information content (AvgIpc) is 3.45. The van der Waals surface area contributed by atoms with Gasteiger partial charge in [-0.1, -0.05) is 11.8 Å². The molecule has 0 atom stereocenters. The Bertz CT molecular complexity index is 1370. The number of nitrogen functional groups attached to an aromatic ring is 1. The number of methoxy groups -OCH3 is 1. The Kier molecular flexibility index (Phi) is 7.28. The summed E-state index contributed by atoms with van der Waals surface area (Å²) in [5.74, 6) is 0.993. The zero-order valence-corrected chi connectivity index (χ0v) is 19.9. The van der Waals surface area contributed by atoms with Crippen molar-refractivity contribution < 1.29 is 13.2 Å². The summed E-state index contributed by atoms with van der Waals surface area (Å²) in [5, 5.41) is 15.8. The standard InChI is InChI=1S/C19H24N10O3S2/c1-32-12-2-3-13(14-4-5-25-28-14)15(10-12)33-19-27-16-17(20)23-11-24-18(16)29(19)9-8-22-6-7-26-34(21,30)31/h2-5,10-11,22,26H,6-9H2,1H3,(H,25,28)(H2,20,23,24)(H2,21,30,31). The van der Waals surface area contributed by atoms with Crippen LogP contribution in [0.15, 0.2) is 46.8 Å². The molecule has 34 heavy (non-hydrogen) atoms. The van der Waals surface area contributed by atoms with E-state index in [2.05, 4.69) is 30.2 Å². The van der Waals surface area contributed by atoms with Gasteiger partial charge >= 0.3 is 0 Å². The Balaban J connectivity index is 1.61. The number of fused-ring (bicyclic) bond motifs is 1. The fourth-order valence-corrected chi connectivity index (χ4v) is 4.72. The van der Waals surface area contributed by atoms with E-state index in [4.69, 9.17) is 20.6 Å². The molecule has 180 valence electrons. The molecule has 0 aliphatic heterocycles. The zero-order chi connectivity index (χ0) is 24.1. The van der Waals surface area contributed by atoms with Crippen LogP contribution in [0.5, 0.6) is 5.75 Å². The van der Waals surface area contributed by atoms with Gasteiger partial charge in [0.15, 0.2) is 22.1 Å². The molecule has 0 amide bonds. The summed E-state index contributed by atoms with van der Waals surface area (Å²) in [6.07, 6.45) is 3.09. The van der Waals surface area contributed by atoms with Crippen LogP contribution in [0.2, 0.25) is 0 Å². The van der Waals surface area contributed by atoms with Crippen LogP contribution >= 0.6 is 11.8 Å². The van der Waals surface area contributed by atoms with Crippen LogP contribution in [0.1, 0.15) is 0 Å². The minimum Gasteiger partial charge on any atom is -0.497 e. The molecule has 0 spiro atoms. The van der Waals surface area contributed by atoms with Gasteiger partial charge in [0.25, 0.3) is 10.2 Å². The number of H-pyrrole nitrogens is 1. The van der Waals surface area contributed by atoms with Crippen molar-refractivity contribution in [2.45, 2.75) is 16.6 Å². The van der Waals surface area contributed by atoms with E-state index in [0.717, 1.165) is 16.2 Å². The number of hydrogen-bond acceptors (Lipinski definition) is 10. The van der Waals surface area contributed by atoms with Crippen molar-refractivity contribution in [2.24, 2.45) is 5.14 Å². The second-order valence-corrected chi connectivity index (χ2v) is 9.49. The molecule has 0 saturated heterocycles. The van der Waals surface area contributed by atoms with Crippen LogP contribution in [0.3, 0.4) is 0 Å². The normalized spacial score (nSPS) is 11.8. The molecule has 3 heterocycles. The number of ether oxygens (including phenoxy) is 1. The molecule has 4 aromatic rings. The smallest absolute Gasteiger partial charge is 0.274 e. The summed E-state index contributed by atoms with van der Waals surface area (Å²) in [5.41, 5.74) is 8.96. The molecule has 0 fully saturated rings. The van der Waals surface area contributed by atoms with Gasteiger partial charge in [0.1, 0.15) is 12.1 Å². The minimum absolute atomic E-state index is 0.178. The second-order valence-electron chi connectivity index (χ2n) is 7.10. The maximum atomic E-state index is 11.0. The molecule has 0 aliphatic carbocycles. The van der Waals surface area contributed by atoms with Crippen LogP contribution in [0.4, 0.5) is 5.82 Å². The average molecular weight is 505 g/mol. The highest BCUT2D eigenvalue weighted by Gasteiger charge is 2.18. The monoisotopic (exact) mass is 504 g/mol. The maximum Gasteiger partial charge on any atom is 0.274 e. The van der Waals surface area contributed by atoms with Crippen LogP contribution in [0, 0.1) is 0 Å². The lowest BCUT2D eigenvalue weighted by atomic mass is 10.1. The zero-order valence-electron chi connectivity index (χ0n) is 18.2. The molecule has 7 N–H and O–H groups in total. The van der Waals surface area contributed by atoms with E-state index in [1.54, 1.807) is 13.3 Å². The predicted molar refractivity (Wildman–Crippen MR) is 128 cm³/mol. The van der Waals surface area contributed by atoms with E-state index >= 15 is 0 Å². The molecule has 1 aromatic carbocycles. The number of aromatic amines is 1. The number of anilines is 1. The van der Waals surface area contributed by atoms with Crippen LogP contribution in [-0.4, -0.2) is 64.9 Å². The van der Waals surface area contributed by atoms with Gasteiger partial charge in [0, 0.05) is 42.8 Å². The van der Waals surface area contributed by atoms with Gasteiger partial charge in [-0.25, -0.2) is 24.8 Å². The summed E-state index contributed by atoms with van der Waals surface area (Å²) in [6.45, 7) is 1.62. The first-order valence-corrected chi connectivity index (χ1v) is 12.5. The highest BCUT2D eigenvalue weighted by Crippen LogP contribution is 2.38. The quantitative estimate of drug-likeness (QED) is 0.178. The Morgan fingerprint density at radius 1 is 1.21 bits per heavy atom. The van der Waals surface area contributed by atoms with E-state index < -0.39 is 10.2 Å². The van der Waals surface area contributed by atoms with Crippen molar-refractivity contribution in [1.82, 2.24) is 39.8 Å². The first-order valence-electron chi connectivity index (χ1n) is 10.2. The highest BCUT2D eigenvalue weighted by atomic mass is 32.2. The van der Waals surface area contributed by atoms with E-state index in [1.807, 2.05) is 28.8 Å². The van der Waals surface area contributed by atoms with Gasteiger partial charge in [-0.05, 0) is 24.3 Å². The predicted octanol–water partition coefficient (Wildman–Crippen LogP) is 0.341. The number of imidazole rings is 1. The molecule has 0 bridgehead atoms. The largest absolute Gasteiger partial charge is 0.497 e. The van der Waals surface area contributed by atoms with Crippen molar-refractivity contribution in [3.63, 3.8) is 0 Å². The fourth-order valence-electron chi connectivity index (χ4n) is 3.25. The molecule has 15 heteroatoms. The lowest BCUT2D eigenvalue weighted by Gasteiger charge is -2.12. The molecule has 0 saturated carbocycles. The van der Waals surface area contributed by atoms with E-state index in [1.165, 1.54) is 18.1 Å². The lowest BCUT2D eigenvalue weighted by Crippen LogP contribution is -2.36. The topological polar surface area (TPSA) is 192 Å². The van der Waals surface area contributed by atoms with Gasteiger partial charge in [-0.15, -0.1) is 0 Å². The number of hydrogen-bond donors (Lipinski definition) is 5. The molecule has 3 aromatic heterocycles. The molecule has 0 radical (unpaired) electrons. The van der Waals surface area contributed by atoms with Gasteiger partial charge in [-0.3, -0.25) is 5.10 Å². The third kappa shape index (κ3) is 5.63. The van der Waals surface area contributed by atoms with Crippen molar-refractivity contribution >= 4 is 39.0 Å². The fraction of sp³-hybridized carbons (Fsp3) is 0.263. The molecule has 4 rings (SSSR count). The van der Waals surface area contributed by atoms with Crippen LogP contribution < -0.4 is 25.6 Å². The van der Waals surface area contributed by atoms with E-state index in [-0.39, 0.29) is 12.4 Å². The Morgan fingerprint density at radius 2 is 2.06 bits per heavy atom. The SMILES string of the molecule is COc1ccc(-c2ccn[nH]2)c(Sc2nc3c(N)ncnc3n2CCNCCNS(N)(=O)=O)c1. The highest BCUT2D eigenvalue weighted by molar-refractivity contribution is 7.99. The first-order chi connectivity index (χ1) is 16.4. The van der Waals surface area contributed by atoms with Crippen molar-refractivity contribution in [2.75, 3.05) is 32.5 Å². The maximum absolute atomic E-state index is 11.0. The van der Waals surface area contributed by atoms with E-state index in [0.29, 0.717) is 41.7 Å². The van der Waals surface area contributed by atoms with Crippen molar-refractivity contribution in [3.8, 4) is 17.0 Å². The van der Waals surface area contributed by atoms with Gasteiger partial charge in [-0.2, -0.15) is 13.5 Å².